The molecular formula is C23H29N3O5S. The maximum Gasteiger partial charge on any atom is 0.261 e. The second kappa shape index (κ2) is 8.26. The molecule has 9 heteroatoms. The third-order valence-corrected chi connectivity index (χ3v) is 9.18. The molecule has 0 radical (unpaired) electrons. The lowest BCUT2D eigenvalue weighted by Crippen LogP contribution is -2.52. The summed E-state index contributed by atoms with van der Waals surface area (Å²) in [6, 6.07) is 4.85. The van der Waals surface area contributed by atoms with Crippen LogP contribution in [0.15, 0.2) is 18.2 Å². The van der Waals surface area contributed by atoms with E-state index in [1.165, 1.54) is 4.90 Å². The molecule has 1 atom stereocenters. The fourth-order valence-electron chi connectivity index (χ4n) is 5.60. The average molecular weight is 460 g/mol. The highest BCUT2D eigenvalue weighted by molar-refractivity contribution is 7.91. The van der Waals surface area contributed by atoms with E-state index >= 15 is 0 Å². The molecule has 3 fully saturated rings. The summed E-state index contributed by atoms with van der Waals surface area (Å²) in [6.07, 6.45) is 5.56. The van der Waals surface area contributed by atoms with Gasteiger partial charge in [0.1, 0.15) is 0 Å². The van der Waals surface area contributed by atoms with Gasteiger partial charge in [-0.1, -0.05) is 19.3 Å². The number of hydrogen-bond donors (Lipinski definition) is 0. The maximum absolute atomic E-state index is 13.1. The predicted molar refractivity (Wildman–Crippen MR) is 118 cm³/mol. The van der Waals surface area contributed by atoms with Crippen molar-refractivity contribution in [2.45, 2.75) is 50.6 Å². The van der Waals surface area contributed by atoms with Crippen LogP contribution >= 0.6 is 0 Å². The minimum atomic E-state index is -2.93. The van der Waals surface area contributed by atoms with Crippen LogP contribution in [0.25, 0.3) is 0 Å². The monoisotopic (exact) mass is 459 g/mol. The highest BCUT2D eigenvalue weighted by Gasteiger charge is 2.41. The quantitative estimate of drug-likeness (QED) is 0.637. The average Bonchev–Trinajstić information content (AvgIpc) is 3.30. The van der Waals surface area contributed by atoms with Crippen molar-refractivity contribution in [3.63, 3.8) is 0 Å². The summed E-state index contributed by atoms with van der Waals surface area (Å²) in [4.78, 5) is 44.3. The largest absolute Gasteiger partial charge is 0.336 e. The van der Waals surface area contributed by atoms with E-state index in [-0.39, 0.29) is 41.3 Å². The molecule has 2 saturated heterocycles. The van der Waals surface area contributed by atoms with Crippen LogP contribution < -0.4 is 0 Å². The number of carbonyl (C=O) groups excluding carboxylic acids is 3. The molecule has 5 rings (SSSR count). The lowest BCUT2D eigenvalue weighted by molar-refractivity contribution is 0.0548. The van der Waals surface area contributed by atoms with Gasteiger partial charge < -0.3 is 4.90 Å². The van der Waals surface area contributed by atoms with Crippen molar-refractivity contribution >= 4 is 27.6 Å². The van der Waals surface area contributed by atoms with Crippen LogP contribution in [0.5, 0.6) is 0 Å². The van der Waals surface area contributed by atoms with Crippen LogP contribution in [0.3, 0.4) is 0 Å². The summed E-state index contributed by atoms with van der Waals surface area (Å²) in [6.45, 7) is 2.33. The molecule has 3 aliphatic heterocycles. The van der Waals surface area contributed by atoms with Gasteiger partial charge in [0.15, 0.2) is 9.84 Å². The molecule has 8 nitrogen and oxygen atoms in total. The highest BCUT2D eigenvalue weighted by atomic mass is 32.2. The zero-order valence-electron chi connectivity index (χ0n) is 18.2. The minimum Gasteiger partial charge on any atom is -0.336 e. The third-order valence-electron chi connectivity index (χ3n) is 7.43. The van der Waals surface area contributed by atoms with Gasteiger partial charge in [0.05, 0.1) is 22.6 Å². The van der Waals surface area contributed by atoms with Crippen molar-refractivity contribution in [1.29, 1.82) is 0 Å². The van der Waals surface area contributed by atoms with Gasteiger partial charge >= 0.3 is 0 Å². The van der Waals surface area contributed by atoms with E-state index in [0.29, 0.717) is 49.3 Å². The highest BCUT2D eigenvalue weighted by Crippen LogP contribution is 2.31. The number of amides is 3. The van der Waals surface area contributed by atoms with E-state index in [9.17, 15) is 22.8 Å². The van der Waals surface area contributed by atoms with Crippen LogP contribution in [0.2, 0.25) is 0 Å². The second-order valence-corrected chi connectivity index (χ2v) is 11.6. The van der Waals surface area contributed by atoms with Crippen LogP contribution in [0.1, 0.15) is 69.6 Å². The molecule has 0 bridgehead atoms. The van der Waals surface area contributed by atoms with Crippen LogP contribution in [0.4, 0.5) is 0 Å². The Bertz CT molecular complexity index is 1060. The molecule has 3 heterocycles. The number of benzene rings is 1. The molecule has 172 valence electrons. The summed E-state index contributed by atoms with van der Waals surface area (Å²) >= 11 is 0. The van der Waals surface area contributed by atoms with Crippen LogP contribution in [-0.2, 0) is 9.84 Å². The lowest BCUT2D eigenvalue weighted by Gasteiger charge is -2.37. The van der Waals surface area contributed by atoms with Gasteiger partial charge in [0.25, 0.3) is 17.7 Å². The molecule has 4 aliphatic rings. The van der Waals surface area contributed by atoms with Crippen molar-refractivity contribution in [2.24, 2.45) is 0 Å². The molecule has 1 unspecified atom stereocenters. The molecule has 1 aromatic rings. The molecule has 1 aliphatic carbocycles. The molecule has 1 saturated carbocycles. The van der Waals surface area contributed by atoms with Gasteiger partial charge in [-0.3, -0.25) is 24.2 Å². The van der Waals surface area contributed by atoms with Gasteiger partial charge in [-0.15, -0.1) is 0 Å². The number of sulfone groups is 1. The van der Waals surface area contributed by atoms with Crippen molar-refractivity contribution in [3.05, 3.63) is 34.9 Å². The fraction of sp³-hybridized carbons (Fsp3) is 0.609. The van der Waals surface area contributed by atoms with E-state index in [2.05, 4.69) is 4.90 Å². The first-order valence-electron chi connectivity index (χ1n) is 11.6. The van der Waals surface area contributed by atoms with E-state index in [0.717, 1.165) is 32.1 Å². The minimum absolute atomic E-state index is 0.0391. The molecule has 0 aromatic heterocycles. The lowest BCUT2D eigenvalue weighted by atomic mass is 9.94. The van der Waals surface area contributed by atoms with Crippen molar-refractivity contribution in [3.8, 4) is 0 Å². The number of hydrogen-bond acceptors (Lipinski definition) is 6. The Labute approximate surface area is 188 Å². The topological polar surface area (TPSA) is 95.1 Å². The van der Waals surface area contributed by atoms with Gasteiger partial charge in [-0.25, -0.2) is 8.42 Å². The molecular weight excluding hydrogens is 430 g/mol. The molecule has 0 spiro atoms. The fourth-order valence-corrected chi connectivity index (χ4v) is 7.36. The number of piperazine rings is 1. The standard InChI is InChI=1S/C23H29N3O5S/c27-21(25-11-9-24(10-12-25)18-8-13-32(30,31)15-18)16-6-7-19-20(14-16)23(29)26(22(19)28)17-4-2-1-3-5-17/h6-7,14,17-18H,1-5,8-13,15H2. The van der Waals surface area contributed by atoms with Crippen molar-refractivity contribution in [2.75, 3.05) is 37.7 Å². The van der Waals surface area contributed by atoms with E-state index < -0.39 is 9.84 Å². The van der Waals surface area contributed by atoms with Gasteiger partial charge in [0.2, 0.25) is 0 Å². The maximum atomic E-state index is 13.1. The summed E-state index contributed by atoms with van der Waals surface area (Å²) < 4.78 is 23.5. The van der Waals surface area contributed by atoms with Crippen molar-refractivity contribution < 1.29 is 22.8 Å². The Morgan fingerprint density at radius 1 is 0.844 bits per heavy atom. The van der Waals surface area contributed by atoms with Gasteiger partial charge in [0, 0.05) is 43.8 Å². The first-order valence-corrected chi connectivity index (χ1v) is 13.4. The molecule has 1 aromatic carbocycles. The van der Waals surface area contributed by atoms with E-state index in [1.54, 1.807) is 23.1 Å². The van der Waals surface area contributed by atoms with E-state index in [4.69, 9.17) is 0 Å². The smallest absolute Gasteiger partial charge is 0.261 e. The zero-order valence-corrected chi connectivity index (χ0v) is 19.0. The van der Waals surface area contributed by atoms with Gasteiger partial charge in [-0.2, -0.15) is 0 Å². The Hall–Kier alpha value is -2.26. The summed E-state index contributed by atoms with van der Waals surface area (Å²) in [5.41, 5.74) is 1.15. The first-order chi connectivity index (χ1) is 15.3. The first kappa shape index (κ1) is 21.6. The number of imide groups is 1. The van der Waals surface area contributed by atoms with E-state index in [1.807, 2.05) is 0 Å². The number of nitrogens with zero attached hydrogens (tertiary/aromatic N) is 3. The Balaban J connectivity index is 1.26. The Morgan fingerprint density at radius 2 is 1.53 bits per heavy atom. The number of fused-ring (bicyclic) bond motifs is 1. The number of carbonyl (C=O) groups is 3. The van der Waals surface area contributed by atoms with Gasteiger partial charge in [-0.05, 0) is 37.5 Å². The Morgan fingerprint density at radius 3 is 2.19 bits per heavy atom. The summed E-state index contributed by atoms with van der Waals surface area (Å²) in [5, 5.41) is 0. The summed E-state index contributed by atoms with van der Waals surface area (Å²) in [5.74, 6) is -0.214. The predicted octanol–water partition coefficient (Wildman–Crippen LogP) is 1.56. The molecule has 0 N–H and O–H groups in total. The molecule has 32 heavy (non-hydrogen) atoms. The third kappa shape index (κ3) is 3.85. The molecule has 3 amide bonds. The van der Waals surface area contributed by atoms with Crippen molar-refractivity contribution in [1.82, 2.24) is 14.7 Å². The van der Waals surface area contributed by atoms with Crippen LogP contribution in [-0.4, -0.2) is 90.6 Å². The zero-order chi connectivity index (χ0) is 22.5. The summed E-state index contributed by atoms with van der Waals surface area (Å²) in [7, 11) is -2.93. The SMILES string of the molecule is O=C(c1ccc2c(c1)C(=O)N(C1CCCCC1)C2=O)N1CCN(C2CCS(=O)(=O)C2)CC1. The normalized spacial score (nSPS) is 26.6. The number of rotatable bonds is 3. The second-order valence-electron chi connectivity index (χ2n) is 9.42. The Kier molecular flexibility index (Phi) is 5.57. The van der Waals surface area contributed by atoms with Crippen LogP contribution in [0, 0.1) is 0 Å².